The van der Waals surface area contributed by atoms with Gasteiger partial charge in [0.2, 0.25) is 0 Å². The molecule has 0 aliphatic carbocycles. The molecule has 54 valence electrons. The van der Waals surface area contributed by atoms with E-state index in [0.717, 1.165) is 0 Å². The molecule has 1 aromatic carbocycles. The fourth-order valence-electron chi connectivity index (χ4n) is 0.661. The number of rotatable bonds is 2. The molecule has 10 heavy (non-hydrogen) atoms. The molecular formula is C7H9NO2. The Balaban J connectivity index is 2.75. The van der Waals surface area contributed by atoms with Crippen LogP contribution >= 0.6 is 0 Å². The maximum Gasteiger partial charge on any atom is 0.0944 e. The summed E-state index contributed by atoms with van der Waals surface area (Å²) in [5.41, 5.74) is 0.616. The number of para-hydroxylation sites is 1. The van der Waals surface area contributed by atoms with Crippen molar-refractivity contribution in [3.8, 4) is 0 Å². The van der Waals surface area contributed by atoms with E-state index in [9.17, 15) is 0 Å². The van der Waals surface area contributed by atoms with Gasteiger partial charge in [0, 0.05) is 0 Å². The summed E-state index contributed by atoms with van der Waals surface area (Å²) in [6, 6.07) is 8.98. The summed E-state index contributed by atoms with van der Waals surface area (Å²) in [7, 11) is 1.40. The molecule has 0 bridgehead atoms. The van der Waals surface area contributed by atoms with Gasteiger partial charge in [-0.1, -0.05) is 18.2 Å². The van der Waals surface area contributed by atoms with Crippen LogP contribution in [0.5, 0.6) is 0 Å². The molecule has 1 N–H and O–H groups in total. The zero-order valence-electron chi connectivity index (χ0n) is 5.69. The third-order valence-corrected chi connectivity index (χ3v) is 1.15. The van der Waals surface area contributed by atoms with Crippen LogP contribution in [-0.4, -0.2) is 12.3 Å². The molecule has 0 aliphatic rings. The van der Waals surface area contributed by atoms with Gasteiger partial charge in [0.15, 0.2) is 0 Å². The molecule has 0 heterocycles. The van der Waals surface area contributed by atoms with Gasteiger partial charge in [0.1, 0.15) is 0 Å². The lowest BCUT2D eigenvalue weighted by Gasteiger charge is -2.11. The predicted molar refractivity (Wildman–Crippen MR) is 37.7 cm³/mol. The maximum atomic E-state index is 8.94. The molecule has 0 saturated carbocycles. The summed E-state index contributed by atoms with van der Waals surface area (Å²) in [5.74, 6) is 0. The highest BCUT2D eigenvalue weighted by atomic mass is 16.9. The van der Waals surface area contributed by atoms with E-state index in [1.165, 1.54) is 7.11 Å². The van der Waals surface area contributed by atoms with Crippen molar-refractivity contribution in [2.75, 3.05) is 12.3 Å². The van der Waals surface area contributed by atoms with Crippen LogP contribution in [0.3, 0.4) is 0 Å². The van der Waals surface area contributed by atoms with Crippen LogP contribution in [-0.2, 0) is 4.84 Å². The van der Waals surface area contributed by atoms with E-state index in [1.54, 1.807) is 12.1 Å². The lowest BCUT2D eigenvalue weighted by Crippen LogP contribution is -2.15. The molecule has 1 aromatic rings. The lowest BCUT2D eigenvalue weighted by atomic mass is 10.3. The van der Waals surface area contributed by atoms with Gasteiger partial charge in [-0.05, 0) is 12.1 Å². The van der Waals surface area contributed by atoms with Crippen molar-refractivity contribution in [2.45, 2.75) is 0 Å². The highest BCUT2D eigenvalue weighted by Gasteiger charge is 1.96. The van der Waals surface area contributed by atoms with Crippen LogP contribution in [0.25, 0.3) is 0 Å². The Bertz CT molecular complexity index is 188. The lowest BCUT2D eigenvalue weighted by molar-refractivity contribution is -0.0109. The van der Waals surface area contributed by atoms with Crippen molar-refractivity contribution < 1.29 is 10.0 Å². The molecule has 0 amide bonds. The Labute approximate surface area is 59.4 Å². The van der Waals surface area contributed by atoms with E-state index in [2.05, 4.69) is 4.84 Å². The van der Waals surface area contributed by atoms with Crippen LogP contribution in [0, 0.1) is 0 Å². The molecule has 3 heteroatoms. The van der Waals surface area contributed by atoms with Gasteiger partial charge in [0.05, 0.1) is 12.8 Å². The zero-order chi connectivity index (χ0) is 7.40. The molecule has 0 saturated heterocycles. The summed E-state index contributed by atoms with van der Waals surface area (Å²) < 4.78 is 0. The predicted octanol–water partition coefficient (Wildman–Crippen LogP) is 1.44. The van der Waals surface area contributed by atoms with Crippen LogP contribution in [0.15, 0.2) is 30.3 Å². The van der Waals surface area contributed by atoms with Crippen molar-refractivity contribution in [2.24, 2.45) is 0 Å². The summed E-state index contributed by atoms with van der Waals surface area (Å²) in [6.07, 6.45) is 0. The first-order valence-electron chi connectivity index (χ1n) is 2.93. The minimum absolute atomic E-state index is 0.616. The van der Waals surface area contributed by atoms with E-state index in [1.807, 2.05) is 18.2 Å². The Kier molecular flexibility index (Phi) is 2.25. The minimum Gasteiger partial charge on any atom is -0.264 e. The second kappa shape index (κ2) is 3.20. The summed E-state index contributed by atoms with van der Waals surface area (Å²) in [5, 5.41) is 9.65. The maximum absolute atomic E-state index is 8.94. The van der Waals surface area contributed by atoms with Gasteiger partial charge >= 0.3 is 0 Å². The van der Waals surface area contributed by atoms with Gasteiger partial charge in [0.25, 0.3) is 0 Å². The van der Waals surface area contributed by atoms with Crippen molar-refractivity contribution in [3.05, 3.63) is 30.3 Å². The topological polar surface area (TPSA) is 32.7 Å². The standard InChI is InChI=1S/C7H9NO2/c1-10-8(9)7-5-3-2-4-6-7/h2-6,9H,1H3. The van der Waals surface area contributed by atoms with Crippen LogP contribution in [0.1, 0.15) is 0 Å². The molecule has 3 nitrogen and oxygen atoms in total. The normalized spacial score (nSPS) is 9.40. The second-order valence-corrected chi connectivity index (χ2v) is 1.79. The first-order chi connectivity index (χ1) is 4.84. The van der Waals surface area contributed by atoms with Gasteiger partial charge in [-0.15, -0.1) is 5.23 Å². The number of anilines is 1. The summed E-state index contributed by atoms with van der Waals surface area (Å²) >= 11 is 0. The fourth-order valence-corrected chi connectivity index (χ4v) is 0.661. The van der Waals surface area contributed by atoms with Crippen molar-refractivity contribution in [1.82, 2.24) is 0 Å². The highest BCUT2D eigenvalue weighted by Crippen LogP contribution is 2.09. The summed E-state index contributed by atoms with van der Waals surface area (Å²) in [6.45, 7) is 0. The van der Waals surface area contributed by atoms with Gasteiger partial charge in [-0.3, -0.25) is 10.0 Å². The van der Waals surface area contributed by atoms with E-state index < -0.39 is 0 Å². The number of benzene rings is 1. The van der Waals surface area contributed by atoms with E-state index in [4.69, 9.17) is 5.21 Å². The van der Waals surface area contributed by atoms with Gasteiger partial charge < -0.3 is 0 Å². The number of nitrogens with zero attached hydrogens (tertiary/aromatic N) is 1. The van der Waals surface area contributed by atoms with Crippen LogP contribution in [0.4, 0.5) is 5.69 Å². The Morgan fingerprint density at radius 2 is 1.90 bits per heavy atom. The first-order valence-corrected chi connectivity index (χ1v) is 2.93. The molecule has 1 rings (SSSR count). The largest absolute Gasteiger partial charge is 0.264 e. The second-order valence-electron chi connectivity index (χ2n) is 1.79. The summed E-state index contributed by atoms with van der Waals surface area (Å²) in [4.78, 5) is 4.53. The molecule has 0 radical (unpaired) electrons. The van der Waals surface area contributed by atoms with Gasteiger partial charge in [-0.25, -0.2) is 0 Å². The molecule has 0 atom stereocenters. The van der Waals surface area contributed by atoms with Crippen molar-refractivity contribution in [3.63, 3.8) is 0 Å². The number of hydrogen-bond acceptors (Lipinski definition) is 3. The van der Waals surface area contributed by atoms with Crippen LogP contribution in [0.2, 0.25) is 0 Å². The van der Waals surface area contributed by atoms with Gasteiger partial charge in [-0.2, -0.15) is 0 Å². The monoisotopic (exact) mass is 139 g/mol. The van der Waals surface area contributed by atoms with E-state index in [-0.39, 0.29) is 0 Å². The molecule has 0 spiro atoms. The third-order valence-electron chi connectivity index (χ3n) is 1.15. The third kappa shape index (κ3) is 1.46. The molecule has 0 fully saturated rings. The molecular weight excluding hydrogens is 130 g/mol. The average molecular weight is 139 g/mol. The van der Waals surface area contributed by atoms with Crippen molar-refractivity contribution >= 4 is 5.69 Å². The molecule has 0 aliphatic heterocycles. The number of hydrogen-bond donors (Lipinski definition) is 1. The van der Waals surface area contributed by atoms with Crippen molar-refractivity contribution in [1.29, 1.82) is 0 Å². The Hall–Kier alpha value is -1.06. The van der Waals surface area contributed by atoms with Crippen LogP contribution < -0.4 is 5.23 Å². The Morgan fingerprint density at radius 3 is 2.40 bits per heavy atom. The quantitative estimate of drug-likeness (QED) is 0.629. The molecule has 0 unspecified atom stereocenters. The minimum atomic E-state index is 0.616. The fraction of sp³-hybridized carbons (Fsp3) is 0.143. The SMILES string of the molecule is CON(O)c1ccccc1. The highest BCUT2D eigenvalue weighted by molar-refractivity contribution is 5.40. The first kappa shape index (κ1) is 7.05. The van der Waals surface area contributed by atoms with E-state index >= 15 is 0 Å². The zero-order valence-corrected chi connectivity index (χ0v) is 5.69. The molecule has 0 aromatic heterocycles. The smallest absolute Gasteiger partial charge is 0.0944 e. The van der Waals surface area contributed by atoms with E-state index in [0.29, 0.717) is 10.9 Å². The Morgan fingerprint density at radius 1 is 1.30 bits per heavy atom. The average Bonchev–Trinajstić information content (AvgIpc) is 2.05.